The summed E-state index contributed by atoms with van der Waals surface area (Å²) >= 11 is 0. The lowest BCUT2D eigenvalue weighted by molar-refractivity contribution is -0.153. The van der Waals surface area contributed by atoms with Crippen molar-refractivity contribution in [3.8, 4) is 0 Å². The Balaban J connectivity index is 1.84. The first kappa shape index (κ1) is 22.0. The van der Waals surface area contributed by atoms with Crippen LogP contribution in [0.25, 0.3) is 0 Å². The van der Waals surface area contributed by atoms with Crippen LogP contribution in [-0.4, -0.2) is 42.5 Å². The van der Waals surface area contributed by atoms with Crippen LogP contribution in [0.4, 0.5) is 5.69 Å². The average Bonchev–Trinajstić information content (AvgIpc) is 2.79. The fraction of sp³-hybridized carbons (Fsp3) is 0.440. The normalized spacial score (nSPS) is 19.4. The molecule has 30 heavy (non-hydrogen) atoms. The van der Waals surface area contributed by atoms with Gasteiger partial charge >= 0.3 is 0 Å². The van der Waals surface area contributed by atoms with Gasteiger partial charge in [-0.3, -0.25) is 9.59 Å². The number of anilines is 1. The highest BCUT2D eigenvalue weighted by Crippen LogP contribution is 2.33. The molecular weight excluding hydrogens is 376 g/mol. The van der Waals surface area contributed by atoms with Crippen LogP contribution in [-0.2, 0) is 20.7 Å². The van der Waals surface area contributed by atoms with Gasteiger partial charge < -0.3 is 15.0 Å². The number of hydrogen-bond acceptors (Lipinski definition) is 3. The van der Waals surface area contributed by atoms with Crippen molar-refractivity contribution < 1.29 is 14.3 Å². The van der Waals surface area contributed by atoms with Gasteiger partial charge in [-0.15, -0.1) is 0 Å². The van der Waals surface area contributed by atoms with Gasteiger partial charge in [-0.2, -0.15) is 0 Å². The molecule has 5 nitrogen and oxygen atoms in total. The summed E-state index contributed by atoms with van der Waals surface area (Å²) in [4.78, 5) is 28.0. The van der Waals surface area contributed by atoms with Gasteiger partial charge in [0.25, 0.3) is 5.91 Å². The zero-order chi connectivity index (χ0) is 21.7. The Morgan fingerprint density at radius 2 is 1.73 bits per heavy atom. The quantitative estimate of drug-likeness (QED) is 0.778. The van der Waals surface area contributed by atoms with Gasteiger partial charge in [-0.05, 0) is 49.9 Å². The molecule has 1 fully saturated rings. The zero-order valence-corrected chi connectivity index (χ0v) is 18.4. The van der Waals surface area contributed by atoms with E-state index in [9.17, 15) is 9.59 Å². The minimum absolute atomic E-state index is 0.0518. The van der Waals surface area contributed by atoms with Crippen LogP contribution in [0.1, 0.15) is 44.2 Å². The second kappa shape index (κ2) is 9.43. The molecule has 1 heterocycles. The first-order valence-corrected chi connectivity index (χ1v) is 10.6. The highest BCUT2D eigenvalue weighted by molar-refractivity contribution is 5.93. The van der Waals surface area contributed by atoms with Crippen LogP contribution in [0, 0.1) is 5.92 Å². The lowest BCUT2D eigenvalue weighted by Crippen LogP contribution is -2.53. The molecule has 2 aromatic rings. The first-order chi connectivity index (χ1) is 14.3. The Kier molecular flexibility index (Phi) is 6.93. The molecule has 1 aliphatic heterocycles. The van der Waals surface area contributed by atoms with E-state index in [1.54, 1.807) is 25.9 Å². The van der Waals surface area contributed by atoms with Gasteiger partial charge in [-0.25, -0.2) is 0 Å². The van der Waals surface area contributed by atoms with E-state index in [0.717, 1.165) is 17.7 Å². The van der Waals surface area contributed by atoms with Crippen LogP contribution in [0.2, 0.25) is 0 Å². The molecule has 2 unspecified atom stereocenters. The van der Waals surface area contributed by atoms with Crippen molar-refractivity contribution in [1.29, 1.82) is 0 Å². The number of methoxy groups -OCH3 is 1. The number of piperidine rings is 1. The Labute approximate surface area is 179 Å². The molecule has 1 saturated heterocycles. The van der Waals surface area contributed by atoms with Crippen LogP contribution in [0.5, 0.6) is 0 Å². The average molecular weight is 409 g/mol. The number of carbonyl (C=O) groups excluding carboxylic acids is 2. The maximum absolute atomic E-state index is 13.1. The number of aryl methyl sites for hydroxylation is 1. The number of ether oxygens (including phenoxy) is 1. The Morgan fingerprint density at radius 1 is 1.07 bits per heavy atom. The summed E-state index contributed by atoms with van der Waals surface area (Å²) in [7, 11) is 1.54. The minimum Gasteiger partial charge on any atom is -0.369 e. The number of hydrogen-bond donors (Lipinski definition) is 1. The summed E-state index contributed by atoms with van der Waals surface area (Å²) in [6, 6.07) is 18.0. The molecule has 0 saturated carbocycles. The number of para-hydroxylation sites is 1. The molecule has 5 heteroatoms. The fourth-order valence-corrected chi connectivity index (χ4v) is 3.96. The predicted octanol–water partition coefficient (Wildman–Crippen LogP) is 4.24. The van der Waals surface area contributed by atoms with Crippen LogP contribution in [0.15, 0.2) is 54.6 Å². The topological polar surface area (TPSA) is 58.6 Å². The smallest absolute Gasteiger partial charge is 0.254 e. The molecule has 0 spiro atoms. The van der Waals surface area contributed by atoms with Crippen molar-refractivity contribution in [1.82, 2.24) is 4.90 Å². The van der Waals surface area contributed by atoms with E-state index in [1.807, 2.05) is 30.3 Å². The molecule has 2 atom stereocenters. The molecular formula is C25H32N2O3. The molecule has 2 aromatic carbocycles. The number of carbonyl (C=O) groups is 2. The summed E-state index contributed by atoms with van der Waals surface area (Å²) in [6.07, 6.45) is 1.70. The van der Waals surface area contributed by atoms with E-state index in [2.05, 4.69) is 36.5 Å². The van der Waals surface area contributed by atoms with E-state index < -0.39 is 5.60 Å². The lowest BCUT2D eigenvalue weighted by atomic mass is 9.83. The zero-order valence-electron chi connectivity index (χ0n) is 18.4. The predicted molar refractivity (Wildman–Crippen MR) is 119 cm³/mol. The summed E-state index contributed by atoms with van der Waals surface area (Å²) in [5, 5.41) is 3.01. The van der Waals surface area contributed by atoms with E-state index in [1.165, 1.54) is 5.56 Å². The Morgan fingerprint density at radius 3 is 2.33 bits per heavy atom. The molecule has 0 aliphatic carbocycles. The first-order valence-electron chi connectivity index (χ1n) is 10.6. The third-order valence-corrected chi connectivity index (χ3v) is 6.03. The van der Waals surface area contributed by atoms with Gasteiger partial charge in [-0.1, -0.05) is 49.4 Å². The summed E-state index contributed by atoms with van der Waals surface area (Å²) in [5.74, 6) is -0.319. The fourth-order valence-electron chi connectivity index (χ4n) is 3.96. The highest BCUT2D eigenvalue weighted by Gasteiger charge is 2.39. The summed E-state index contributed by atoms with van der Waals surface area (Å²) < 4.78 is 5.42. The lowest BCUT2D eigenvalue weighted by Gasteiger charge is -2.40. The third-order valence-electron chi connectivity index (χ3n) is 6.03. The summed E-state index contributed by atoms with van der Waals surface area (Å²) in [6.45, 7) is 6.66. The Hall–Kier alpha value is -2.66. The van der Waals surface area contributed by atoms with Gasteiger partial charge in [0.15, 0.2) is 0 Å². The van der Waals surface area contributed by atoms with Gasteiger partial charge in [0.1, 0.15) is 5.60 Å². The minimum atomic E-state index is -0.922. The number of benzene rings is 2. The highest BCUT2D eigenvalue weighted by atomic mass is 16.5. The van der Waals surface area contributed by atoms with Crippen LogP contribution < -0.4 is 5.32 Å². The van der Waals surface area contributed by atoms with Crippen molar-refractivity contribution in [2.45, 2.75) is 45.1 Å². The molecule has 0 aromatic heterocycles. The van der Waals surface area contributed by atoms with Gasteiger partial charge in [0.05, 0.1) is 5.92 Å². The molecule has 2 amide bonds. The number of rotatable bonds is 6. The Bertz CT molecular complexity index is 862. The van der Waals surface area contributed by atoms with Crippen molar-refractivity contribution in [2.24, 2.45) is 5.92 Å². The molecule has 1 N–H and O–H groups in total. The number of nitrogens with one attached hydrogen (secondary N) is 1. The van der Waals surface area contributed by atoms with Gasteiger partial charge in [0, 0.05) is 31.8 Å². The van der Waals surface area contributed by atoms with E-state index in [4.69, 9.17) is 4.74 Å². The maximum atomic E-state index is 13.1. The van der Waals surface area contributed by atoms with Gasteiger partial charge in [0.2, 0.25) is 5.91 Å². The van der Waals surface area contributed by atoms with Crippen LogP contribution in [0.3, 0.4) is 0 Å². The number of nitrogens with zero attached hydrogens (tertiary/aromatic N) is 1. The molecule has 0 radical (unpaired) electrons. The van der Waals surface area contributed by atoms with Crippen molar-refractivity contribution in [2.75, 3.05) is 25.5 Å². The van der Waals surface area contributed by atoms with E-state index in [0.29, 0.717) is 19.5 Å². The van der Waals surface area contributed by atoms with E-state index >= 15 is 0 Å². The number of amides is 2. The number of likely N-dealkylation sites (tertiary alicyclic amines) is 1. The second-order valence-electron chi connectivity index (χ2n) is 8.50. The standard InChI is InChI=1S/C25H32N2O3/c1-5-18-11-13-19(14-12-18)20-15-21(23(28)26-22-9-7-6-8-10-22)17-27(16-20)24(29)25(2,3)30-4/h6-14,20-21H,5,15-17H2,1-4H3,(H,26,28). The molecule has 160 valence electrons. The monoisotopic (exact) mass is 408 g/mol. The molecule has 0 bridgehead atoms. The third kappa shape index (κ3) is 5.08. The van der Waals surface area contributed by atoms with E-state index in [-0.39, 0.29) is 23.7 Å². The van der Waals surface area contributed by atoms with Crippen LogP contribution >= 0.6 is 0 Å². The SMILES string of the molecule is CCc1ccc(C2CC(C(=O)Nc3ccccc3)CN(C(=O)C(C)(C)OC)C2)cc1. The summed E-state index contributed by atoms with van der Waals surface area (Å²) in [5.41, 5.74) is 2.29. The largest absolute Gasteiger partial charge is 0.369 e. The second-order valence-corrected chi connectivity index (χ2v) is 8.50. The van der Waals surface area contributed by atoms with Crippen molar-refractivity contribution >= 4 is 17.5 Å². The molecule has 1 aliphatic rings. The molecule has 3 rings (SSSR count). The van der Waals surface area contributed by atoms with Crippen molar-refractivity contribution in [3.63, 3.8) is 0 Å². The maximum Gasteiger partial charge on any atom is 0.254 e. The van der Waals surface area contributed by atoms with Crippen molar-refractivity contribution in [3.05, 3.63) is 65.7 Å².